The van der Waals surface area contributed by atoms with Gasteiger partial charge in [-0.2, -0.15) is 0 Å². The number of hydrogen-bond acceptors (Lipinski definition) is 4. The van der Waals surface area contributed by atoms with Crippen LogP contribution < -0.4 is 10.9 Å². The van der Waals surface area contributed by atoms with Gasteiger partial charge in [0, 0.05) is 38.5 Å². The molecule has 104 valence electrons. The molecule has 1 aromatic heterocycles. The normalized spacial score (nSPS) is 10.0. The third-order valence-electron chi connectivity index (χ3n) is 2.38. The maximum Gasteiger partial charge on any atom is 0.254 e. The van der Waals surface area contributed by atoms with Crippen molar-refractivity contribution in [3.63, 3.8) is 0 Å². The molecule has 0 atom stereocenters. The summed E-state index contributed by atoms with van der Waals surface area (Å²) in [7, 11) is 3.04. The number of pyridine rings is 1. The van der Waals surface area contributed by atoms with Crippen molar-refractivity contribution in [3.8, 4) is 0 Å². The zero-order valence-corrected chi connectivity index (χ0v) is 10.9. The van der Waals surface area contributed by atoms with Crippen molar-refractivity contribution >= 4 is 11.8 Å². The van der Waals surface area contributed by atoms with Gasteiger partial charge in [0.05, 0.1) is 13.2 Å². The van der Waals surface area contributed by atoms with Crippen molar-refractivity contribution in [1.29, 1.82) is 0 Å². The van der Waals surface area contributed by atoms with Crippen LogP contribution in [-0.2, 0) is 9.53 Å². The molecule has 0 aromatic carbocycles. The molecule has 0 aliphatic heterocycles. The van der Waals surface area contributed by atoms with E-state index in [0.717, 1.165) is 0 Å². The smallest absolute Gasteiger partial charge is 0.254 e. The van der Waals surface area contributed by atoms with Crippen LogP contribution >= 0.6 is 0 Å². The fourth-order valence-electron chi connectivity index (χ4n) is 1.43. The zero-order valence-electron chi connectivity index (χ0n) is 10.9. The van der Waals surface area contributed by atoms with E-state index in [1.165, 1.54) is 37.4 Å². The first-order valence-electron chi connectivity index (χ1n) is 5.74. The molecule has 2 amide bonds. The van der Waals surface area contributed by atoms with Crippen LogP contribution in [0.1, 0.15) is 10.4 Å². The Morgan fingerprint density at radius 1 is 1.47 bits per heavy atom. The van der Waals surface area contributed by atoms with Crippen molar-refractivity contribution < 1.29 is 14.3 Å². The van der Waals surface area contributed by atoms with Crippen LogP contribution in [0.4, 0.5) is 0 Å². The first kappa shape index (κ1) is 14.9. The maximum absolute atomic E-state index is 11.9. The van der Waals surface area contributed by atoms with Crippen LogP contribution in [-0.4, -0.2) is 55.6 Å². The van der Waals surface area contributed by atoms with Gasteiger partial charge < -0.3 is 19.9 Å². The van der Waals surface area contributed by atoms with E-state index in [1.807, 2.05) is 0 Å². The number of methoxy groups -OCH3 is 1. The minimum Gasteiger partial charge on any atom is -0.383 e. The van der Waals surface area contributed by atoms with Gasteiger partial charge in [-0.05, 0) is 6.07 Å². The van der Waals surface area contributed by atoms with Crippen LogP contribution in [0, 0.1) is 0 Å². The summed E-state index contributed by atoms with van der Waals surface area (Å²) in [4.78, 5) is 38.2. The molecule has 0 spiro atoms. The Hall–Kier alpha value is -2.15. The van der Waals surface area contributed by atoms with Gasteiger partial charge in [-0.3, -0.25) is 14.4 Å². The SMILES string of the molecule is COCCNC(=O)CN(C)C(=O)c1cc[nH]c(=O)c1. The molecule has 0 unspecified atom stereocenters. The highest BCUT2D eigenvalue weighted by Gasteiger charge is 2.14. The molecule has 0 aliphatic rings. The molecule has 7 heteroatoms. The summed E-state index contributed by atoms with van der Waals surface area (Å²) in [6, 6.07) is 2.69. The Morgan fingerprint density at radius 2 is 2.21 bits per heavy atom. The number of nitrogens with one attached hydrogen (secondary N) is 2. The first-order chi connectivity index (χ1) is 9.04. The van der Waals surface area contributed by atoms with E-state index in [-0.39, 0.29) is 29.5 Å². The molecule has 0 aliphatic carbocycles. The first-order valence-corrected chi connectivity index (χ1v) is 5.74. The van der Waals surface area contributed by atoms with Crippen molar-refractivity contribution in [2.75, 3.05) is 33.9 Å². The van der Waals surface area contributed by atoms with Crippen molar-refractivity contribution in [2.24, 2.45) is 0 Å². The van der Waals surface area contributed by atoms with Gasteiger partial charge in [-0.25, -0.2) is 0 Å². The third-order valence-corrected chi connectivity index (χ3v) is 2.38. The Bertz CT molecular complexity index is 498. The van der Waals surface area contributed by atoms with Crippen LogP contribution in [0.3, 0.4) is 0 Å². The standard InChI is InChI=1S/C12H17N3O4/c1-15(8-11(17)14-5-6-19-2)12(18)9-3-4-13-10(16)7-9/h3-4,7H,5-6,8H2,1-2H3,(H,13,16)(H,14,17). The summed E-state index contributed by atoms with van der Waals surface area (Å²) in [6.07, 6.45) is 1.39. The van der Waals surface area contributed by atoms with Crippen LogP contribution in [0.15, 0.2) is 23.1 Å². The van der Waals surface area contributed by atoms with E-state index in [0.29, 0.717) is 13.2 Å². The van der Waals surface area contributed by atoms with E-state index in [4.69, 9.17) is 4.74 Å². The van der Waals surface area contributed by atoms with E-state index in [2.05, 4.69) is 10.3 Å². The van der Waals surface area contributed by atoms with Crippen LogP contribution in [0.2, 0.25) is 0 Å². The summed E-state index contributed by atoms with van der Waals surface area (Å²) in [5.74, 6) is -0.661. The fourth-order valence-corrected chi connectivity index (χ4v) is 1.43. The zero-order chi connectivity index (χ0) is 14.3. The molecule has 1 rings (SSSR count). The number of H-pyrrole nitrogens is 1. The number of likely N-dealkylation sites (N-methyl/N-ethyl adjacent to an activating group) is 1. The van der Waals surface area contributed by atoms with E-state index < -0.39 is 0 Å². The fraction of sp³-hybridized carbons (Fsp3) is 0.417. The summed E-state index contributed by atoms with van der Waals surface area (Å²) < 4.78 is 4.79. The Kier molecular flexibility index (Phi) is 5.74. The largest absolute Gasteiger partial charge is 0.383 e. The number of rotatable bonds is 6. The number of aromatic amines is 1. The van der Waals surface area contributed by atoms with Gasteiger partial charge >= 0.3 is 0 Å². The van der Waals surface area contributed by atoms with E-state index in [9.17, 15) is 14.4 Å². The topological polar surface area (TPSA) is 91.5 Å². The molecular formula is C12H17N3O4. The second kappa shape index (κ2) is 7.32. The predicted octanol–water partition coefficient (Wildman–Crippen LogP) is -0.790. The average Bonchev–Trinajstić information content (AvgIpc) is 2.38. The second-order valence-corrected chi connectivity index (χ2v) is 3.95. The number of carbonyl (C=O) groups excluding carboxylic acids is 2. The number of nitrogens with zero attached hydrogens (tertiary/aromatic N) is 1. The summed E-state index contributed by atoms with van der Waals surface area (Å²) in [5, 5.41) is 2.61. The van der Waals surface area contributed by atoms with Gasteiger partial charge in [0.1, 0.15) is 0 Å². The number of ether oxygens (including phenoxy) is 1. The molecule has 0 fully saturated rings. The Labute approximate surface area is 110 Å². The highest BCUT2D eigenvalue weighted by Crippen LogP contribution is 1.99. The van der Waals surface area contributed by atoms with Crippen molar-refractivity contribution in [2.45, 2.75) is 0 Å². The van der Waals surface area contributed by atoms with Gasteiger partial charge in [-0.15, -0.1) is 0 Å². The summed E-state index contributed by atoms with van der Waals surface area (Å²) in [6.45, 7) is 0.731. The minimum atomic E-state index is -0.381. The molecule has 0 radical (unpaired) electrons. The molecule has 0 bridgehead atoms. The number of carbonyl (C=O) groups is 2. The van der Waals surface area contributed by atoms with Gasteiger partial charge in [0.25, 0.3) is 5.91 Å². The number of hydrogen-bond donors (Lipinski definition) is 2. The lowest BCUT2D eigenvalue weighted by Crippen LogP contribution is -2.39. The number of amides is 2. The molecule has 1 heterocycles. The Morgan fingerprint density at radius 3 is 2.84 bits per heavy atom. The predicted molar refractivity (Wildman–Crippen MR) is 68.9 cm³/mol. The lowest BCUT2D eigenvalue weighted by molar-refractivity contribution is -0.121. The Balaban J connectivity index is 2.53. The molecule has 0 saturated heterocycles. The second-order valence-electron chi connectivity index (χ2n) is 3.95. The van der Waals surface area contributed by atoms with Gasteiger partial charge in [0.2, 0.25) is 11.5 Å². The maximum atomic E-state index is 11.9. The van der Waals surface area contributed by atoms with Crippen LogP contribution in [0.5, 0.6) is 0 Å². The lowest BCUT2D eigenvalue weighted by atomic mass is 10.2. The monoisotopic (exact) mass is 267 g/mol. The molecule has 7 nitrogen and oxygen atoms in total. The molecule has 2 N–H and O–H groups in total. The van der Waals surface area contributed by atoms with Gasteiger partial charge in [0.15, 0.2) is 0 Å². The highest BCUT2D eigenvalue weighted by atomic mass is 16.5. The number of aromatic nitrogens is 1. The lowest BCUT2D eigenvalue weighted by Gasteiger charge is -2.16. The average molecular weight is 267 g/mol. The van der Waals surface area contributed by atoms with Crippen LogP contribution in [0.25, 0.3) is 0 Å². The summed E-state index contributed by atoms with van der Waals surface area (Å²) >= 11 is 0. The third kappa shape index (κ3) is 4.92. The molecule has 0 saturated carbocycles. The van der Waals surface area contributed by atoms with Crippen molar-refractivity contribution in [3.05, 3.63) is 34.2 Å². The highest BCUT2D eigenvalue weighted by molar-refractivity contribution is 5.96. The molecule has 1 aromatic rings. The van der Waals surface area contributed by atoms with E-state index in [1.54, 1.807) is 0 Å². The van der Waals surface area contributed by atoms with Gasteiger partial charge in [-0.1, -0.05) is 0 Å². The minimum absolute atomic E-state index is 0.0741. The molecule has 19 heavy (non-hydrogen) atoms. The van der Waals surface area contributed by atoms with E-state index >= 15 is 0 Å². The van der Waals surface area contributed by atoms with Crippen molar-refractivity contribution in [1.82, 2.24) is 15.2 Å². The molecular weight excluding hydrogens is 250 g/mol. The summed E-state index contributed by atoms with van der Waals surface area (Å²) in [5.41, 5.74) is -0.111. The quantitative estimate of drug-likeness (QED) is 0.661.